The zero-order chi connectivity index (χ0) is 12.1. The molecule has 0 aromatic heterocycles. The van der Waals surface area contributed by atoms with E-state index in [0.717, 1.165) is 25.3 Å². The molecule has 2 atom stereocenters. The maximum Gasteiger partial charge on any atom is 0.229 e. The molecule has 16 heavy (non-hydrogen) atoms. The summed E-state index contributed by atoms with van der Waals surface area (Å²) in [6.45, 7) is 4.98. The molecule has 2 unspecified atom stereocenters. The summed E-state index contributed by atoms with van der Waals surface area (Å²) in [5.41, 5.74) is 5.57. The van der Waals surface area contributed by atoms with Gasteiger partial charge in [0.2, 0.25) is 5.91 Å². The van der Waals surface area contributed by atoms with Gasteiger partial charge in [-0.2, -0.15) is 0 Å². The molecule has 1 aliphatic carbocycles. The standard InChI is InChI=1S/C12H22N2OS/c1-3-4-10(11(13)16)12(15)14-7-8(2)9-5-6-9/h8-10H,3-7H2,1-2H3,(H2,13,16)(H,14,15). The predicted octanol–water partition coefficient (Wildman–Crippen LogP) is 1.85. The number of nitrogens with one attached hydrogen (secondary N) is 1. The Kier molecular flexibility index (Phi) is 5.19. The van der Waals surface area contributed by atoms with E-state index in [9.17, 15) is 4.79 Å². The van der Waals surface area contributed by atoms with E-state index < -0.39 is 0 Å². The fraction of sp³-hybridized carbons (Fsp3) is 0.833. The van der Waals surface area contributed by atoms with E-state index in [-0.39, 0.29) is 11.8 Å². The lowest BCUT2D eigenvalue weighted by molar-refractivity contribution is -0.123. The van der Waals surface area contributed by atoms with Crippen molar-refractivity contribution >= 4 is 23.1 Å². The van der Waals surface area contributed by atoms with E-state index in [4.69, 9.17) is 18.0 Å². The summed E-state index contributed by atoms with van der Waals surface area (Å²) in [6, 6.07) is 0. The molecule has 1 saturated carbocycles. The number of hydrogen-bond acceptors (Lipinski definition) is 2. The van der Waals surface area contributed by atoms with Crippen LogP contribution < -0.4 is 11.1 Å². The molecule has 1 rings (SSSR count). The van der Waals surface area contributed by atoms with Gasteiger partial charge in [0.25, 0.3) is 0 Å². The summed E-state index contributed by atoms with van der Waals surface area (Å²) in [4.78, 5) is 12.2. The first kappa shape index (κ1) is 13.4. The summed E-state index contributed by atoms with van der Waals surface area (Å²) >= 11 is 4.92. The van der Waals surface area contributed by atoms with E-state index in [1.807, 2.05) is 6.92 Å². The summed E-state index contributed by atoms with van der Waals surface area (Å²) in [6.07, 6.45) is 4.29. The van der Waals surface area contributed by atoms with Crippen LogP contribution in [0.4, 0.5) is 0 Å². The predicted molar refractivity (Wildman–Crippen MR) is 70.1 cm³/mol. The van der Waals surface area contributed by atoms with Crippen molar-refractivity contribution in [2.75, 3.05) is 6.54 Å². The van der Waals surface area contributed by atoms with Gasteiger partial charge in [-0.25, -0.2) is 0 Å². The fourth-order valence-corrected chi connectivity index (χ4v) is 2.13. The van der Waals surface area contributed by atoms with Crippen molar-refractivity contribution in [1.82, 2.24) is 5.32 Å². The highest BCUT2D eigenvalue weighted by atomic mass is 32.1. The smallest absolute Gasteiger partial charge is 0.229 e. The van der Waals surface area contributed by atoms with Crippen molar-refractivity contribution in [3.8, 4) is 0 Å². The van der Waals surface area contributed by atoms with Gasteiger partial charge in [0.05, 0.1) is 10.9 Å². The summed E-state index contributed by atoms with van der Waals surface area (Å²) in [5, 5.41) is 2.96. The van der Waals surface area contributed by atoms with Crippen molar-refractivity contribution in [3.05, 3.63) is 0 Å². The monoisotopic (exact) mass is 242 g/mol. The Morgan fingerprint density at radius 1 is 1.56 bits per heavy atom. The summed E-state index contributed by atoms with van der Waals surface area (Å²) in [5.74, 6) is 1.11. The molecule has 0 radical (unpaired) electrons. The third-order valence-electron chi connectivity index (χ3n) is 3.26. The average Bonchev–Trinajstić information content (AvgIpc) is 3.05. The lowest BCUT2D eigenvalue weighted by Gasteiger charge is -2.17. The Morgan fingerprint density at radius 3 is 2.62 bits per heavy atom. The molecule has 0 aromatic carbocycles. The molecule has 0 aromatic rings. The first-order valence-corrected chi connectivity index (χ1v) is 6.54. The average molecular weight is 242 g/mol. The number of amides is 1. The Morgan fingerprint density at radius 2 is 2.19 bits per heavy atom. The second-order valence-electron chi connectivity index (χ2n) is 4.80. The van der Waals surface area contributed by atoms with Gasteiger partial charge in [0.1, 0.15) is 0 Å². The summed E-state index contributed by atoms with van der Waals surface area (Å²) in [7, 11) is 0. The third kappa shape index (κ3) is 4.08. The number of rotatable bonds is 7. The van der Waals surface area contributed by atoms with Crippen LogP contribution in [0.25, 0.3) is 0 Å². The molecule has 0 heterocycles. The normalized spacial score (nSPS) is 18.9. The number of thiocarbonyl (C=S) groups is 1. The van der Waals surface area contributed by atoms with Gasteiger partial charge in [-0.1, -0.05) is 32.5 Å². The minimum absolute atomic E-state index is 0.00171. The number of hydrogen-bond donors (Lipinski definition) is 2. The van der Waals surface area contributed by atoms with Crippen LogP contribution in [0.3, 0.4) is 0 Å². The third-order valence-corrected chi connectivity index (χ3v) is 3.55. The van der Waals surface area contributed by atoms with Gasteiger partial charge in [-0.3, -0.25) is 4.79 Å². The first-order chi connectivity index (χ1) is 7.56. The molecule has 3 N–H and O–H groups in total. The second-order valence-corrected chi connectivity index (χ2v) is 5.27. The molecule has 0 aliphatic heterocycles. The van der Waals surface area contributed by atoms with Gasteiger partial charge >= 0.3 is 0 Å². The van der Waals surface area contributed by atoms with Crippen LogP contribution in [-0.4, -0.2) is 17.4 Å². The van der Waals surface area contributed by atoms with Crippen molar-refractivity contribution in [2.45, 2.75) is 39.5 Å². The highest BCUT2D eigenvalue weighted by Crippen LogP contribution is 2.36. The molecule has 0 spiro atoms. The molecule has 0 bridgehead atoms. The van der Waals surface area contributed by atoms with E-state index >= 15 is 0 Å². The molecule has 1 amide bonds. The van der Waals surface area contributed by atoms with Crippen LogP contribution in [0, 0.1) is 17.8 Å². The molecule has 0 saturated heterocycles. The summed E-state index contributed by atoms with van der Waals surface area (Å²) < 4.78 is 0. The Labute approximate surface area is 103 Å². The maximum absolute atomic E-state index is 11.8. The molecule has 4 heteroatoms. The Balaban J connectivity index is 2.32. The zero-order valence-corrected chi connectivity index (χ0v) is 11.0. The Bertz CT molecular complexity index is 264. The highest BCUT2D eigenvalue weighted by molar-refractivity contribution is 7.80. The quantitative estimate of drug-likeness (QED) is 0.670. The SMILES string of the molecule is CCCC(C(=O)NCC(C)C1CC1)C(N)=S. The largest absolute Gasteiger partial charge is 0.393 e. The lowest BCUT2D eigenvalue weighted by Crippen LogP contribution is -2.39. The van der Waals surface area contributed by atoms with Gasteiger partial charge < -0.3 is 11.1 Å². The zero-order valence-electron chi connectivity index (χ0n) is 10.2. The van der Waals surface area contributed by atoms with Crippen molar-refractivity contribution < 1.29 is 4.79 Å². The van der Waals surface area contributed by atoms with Crippen LogP contribution in [-0.2, 0) is 4.79 Å². The first-order valence-electron chi connectivity index (χ1n) is 6.13. The van der Waals surface area contributed by atoms with Crippen molar-refractivity contribution in [1.29, 1.82) is 0 Å². The number of carbonyl (C=O) groups is 1. The molecular formula is C12H22N2OS. The lowest BCUT2D eigenvalue weighted by atomic mass is 10.0. The molecular weight excluding hydrogens is 220 g/mol. The topological polar surface area (TPSA) is 55.1 Å². The van der Waals surface area contributed by atoms with Gasteiger partial charge in [-0.15, -0.1) is 0 Å². The van der Waals surface area contributed by atoms with Crippen LogP contribution in [0.5, 0.6) is 0 Å². The van der Waals surface area contributed by atoms with Gasteiger partial charge in [-0.05, 0) is 31.1 Å². The van der Waals surface area contributed by atoms with Crippen LogP contribution in [0.15, 0.2) is 0 Å². The molecule has 1 fully saturated rings. The highest BCUT2D eigenvalue weighted by Gasteiger charge is 2.28. The minimum Gasteiger partial charge on any atom is -0.393 e. The molecule has 3 nitrogen and oxygen atoms in total. The minimum atomic E-state index is -0.286. The van der Waals surface area contributed by atoms with E-state index in [1.165, 1.54) is 12.8 Å². The van der Waals surface area contributed by atoms with E-state index in [1.54, 1.807) is 0 Å². The van der Waals surface area contributed by atoms with E-state index in [2.05, 4.69) is 12.2 Å². The van der Waals surface area contributed by atoms with Crippen molar-refractivity contribution in [2.24, 2.45) is 23.5 Å². The van der Waals surface area contributed by atoms with Gasteiger partial charge in [0.15, 0.2) is 0 Å². The van der Waals surface area contributed by atoms with Crippen LogP contribution in [0.2, 0.25) is 0 Å². The molecule has 92 valence electrons. The van der Waals surface area contributed by atoms with Crippen LogP contribution in [0.1, 0.15) is 39.5 Å². The van der Waals surface area contributed by atoms with Crippen molar-refractivity contribution in [3.63, 3.8) is 0 Å². The molecule has 1 aliphatic rings. The number of carbonyl (C=O) groups excluding carboxylic acids is 1. The second kappa shape index (κ2) is 6.18. The van der Waals surface area contributed by atoms with Crippen LogP contribution >= 0.6 is 12.2 Å². The maximum atomic E-state index is 11.8. The van der Waals surface area contributed by atoms with E-state index in [0.29, 0.717) is 10.9 Å². The Hall–Kier alpha value is -0.640. The fourth-order valence-electron chi connectivity index (χ4n) is 1.91. The number of nitrogens with two attached hydrogens (primary N) is 1. The van der Waals surface area contributed by atoms with Gasteiger partial charge in [0, 0.05) is 6.54 Å².